The molecule has 0 aliphatic rings. The van der Waals surface area contributed by atoms with E-state index in [1.807, 2.05) is 0 Å². The van der Waals surface area contributed by atoms with Crippen LogP contribution in [0.2, 0.25) is 0 Å². The third kappa shape index (κ3) is 3.64. The number of aliphatic hydroxyl groups excluding tert-OH is 1. The molecule has 0 spiro atoms. The molecule has 0 saturated carbocycles. The van der Waals surface area contributed by atoms with Crippen molar-refractivity contribution in [1.29, 1.82) is 0 Å². The van der Waals surface area contributed by atoms with Gasteiger partial charge in [-0.05, 0) is 36.8 Å². The summed E-state index contributed by atoms with van der Waals surface area (Å²) in [6.45, 7) is 1.66. The van der Waals surface area contributed by atoms with E-state index in [2.05, 4.69) is 5.32 Å². The zero-order valence-electron chi connectivity index (χ0n) is 11.3. The van der Waals surface area contributed by atoms with E-state index in [1.54, 1.807) is 31.2 Å². The molecule has 0 radical (unpaired) electrons. The van der Waals surface area contributed by atoms with Crippen LogP contribution in [0.1, 0.15) is 28.9 Å². The topological polar surface area (TPSA) is 92.5 Å². The smallest absolute Gasteiger partial charge is 0.269 e. The van der Waals surface area contributed by atoms with Gasteiger partial charge in [0.2, 0.25) is 0 Å². The minimum Gasteiger partial charge on any atom is -0.389 e. The normalized spacial score (nSPS) is 11.7. The van der Waals surface area contributed by atoms with Crippen molar-refractivity contribution in [2.75, 3.05) is 5.32 Å². The fourth-order valence-electron chi connectivity index (χ4n) is 1.78. The molecule has 2 N–H and O–H groups in total. The van der Waals surface area contributed by atoms with Crippen LogP contribution >= 0.6 is 0 Å². The van der Waals surface area contributed by atoms with Crippen LogP contribution in [0.25, 0.3) is 0 Å². The lowest BCUT2D eigenvalue weighted by Gasteiger charge is -2.08. The molecule has 1 atom stereocenters. The van der Waals surface area contributed by atoms with Crippen LogP contribution in [-0.2, 0) is 0 Å². The molecule has 2 aromatic rings. The Balaban J connectivity index is 2.08. The fraction of sp³-hybridized carbons (Fsp3) is 0.133. The molecule has 0 aliphatic heterocycles. The van der Waals surface area contributed by atoms with Crippen molar-refractivity contribution in [2.24, 2.45) is 0 Å². The lowest BCUT2D eigenvalue weighted by molar-refractivity contribution is -0.384. The Labute approximate surface area is 121 Å². The summed E-state index contributed by atoms with van der Waals surface area (Å²) in [5, 5.41) is 22.6. The maximum atomic E-state index is 12.0. The van der Waals surface area contributed by atoms with Gasteiger partial charge in [0, 0.05) is 23.4 Å². The number of nitro groups is 1. The Kier molecular flexibility index (Phi) is 4.30. The van der Waals surface area contributed by atoms with E-state index in [9.17, 15) is 20.0 Å². The van der Waals surface area contributed by atoms with Gasteiger partial charge in [0.15, 0.2) is 0 Å². The summed E-state index contributed by atoms with van der Waals surface area (Å²) in [5.74, 6) is -0.352. The number of benzene rings is 2. The lowest BCUT2D eigenvalue weighted by atomic mass is 10.1. The predicted octanol–water partition coefficient (Wildman–Crippen LogP) is 2.90. The zero-order valence-corrected chi connectivity index (χ0v) is 11.3. The van der Waals surface area contributed by atoms with Gasteiger partial charge in [-0.2, -0.15) is 0 Å². The van der Waals surface area contributed by atoms with Crippen molar-refractivity contribution < 1.29 is 14.8 Å². The number of carbonyl (C=O) groups is 1. The van der Waals surface area contributed by atoms with Gasteiger partial charge in [-0.15, -0.1) is 0 Å². The molecule has 1 amide bonds. The molecule has 6 nitrogen and oxygen atoms in total. The van der Waals surface area contributed by atoms with Gasteiger partial charge in [-0.3, -0.25) is 14.9 Å². The first-order valence-electron chi connectivity index (χ1n) is 6.31. The van der Waals surface area contributed by atoms with E-state index in [-0.39, 0.29) is 11.6 Å². The molecule has 2 aromatic carbocycles. The lowest BCUT2D eigenvalue weighted by Crippen LogP contribution is -2.11. The summed E-state index contributed by atoms with van der Waals surface area (Å²) in [6, 6.07) is 12.2. The second kappa shape index (κ2) is 6.15. The number of nitro benzene ring substituents is 1. The highest BCUT2D eigenvalue weighted by molar-refractivity contribution is 6.04. The van der Waals surface area contributed by atoms with Gasteiger partial charge < -0.3 is 10.4 Å². The van der Waals surface area contributed by atoms with Crippen LogP contribution in [0.15, 0.2) is 48.5 Å². The molecule has 21 heavy (non-hydrogen) atoms. The Morgan fingerprint density at radius 2 is 1.71 bits per heavy atom. The molecule has 0 aliphatic carbocycles. The highest BCUT2D eigenvalue weighted by Gasteiger charge is 2.10. The number of nitrogens with zero attached hydrogens (tertiary/aromatic N) is 1. The number of aliphatic hydroxyl groups is 1. The largest absolute Gasteiger partial charge is 0.389 e. The number of carbonyl (C=O) groups excluding carboxylic acids is 1. The maximum absolute atomic E-state index is 12.0. The quantitative estimate of drug-likeness (QED) is 0.667. The number of hydrogen-bond donors (Lipinski definition) is 2. The average molecular weight is 286 g/mol. The van der Waals surface area contributed by atoms with Crippen molar-refractivity contribution in [3.8, 4) is 0 Å². The van der Waals surface area contributed by atoms with Gasteiger partial charge >= 0.3 is 0 Å². The van der Waals surface area contributed by atoms with Crippen molar-refractivity contribution in [2.45, 2.75) is 13.0 Å². The van der Waals surface area contributed by atoms with E-state index >= 15 is 0 Å². The van der Waals surface area contributed by atoms with E-state index in [0.29, 0.717) is 11.3 Å². The van der Waals surface area contributed by atoms with Crippen LogP contribution in [0.3, 0.4) is 0 Å². The zero-order chi connectivity index (χ0) is 15.4. The molecular weight excluding hydrogens is 272 g/mol. The van der Waals surface area contributed by atoms with Crippen LogP contribution in [0, 0.1) is 10.1 Å². The Morgan fingerprint density at radius 3 is 2.19 bits per heavy atom. The molecule has 0 unspecified atom stereocenters. The SMILES string of the molecule is C[C@@H](O)c1ccc(NC(=O)c2ccc([N+](=O)[O-])cc2)cc1. The second-order valence-electron chi connectivity index (χ2n) is 4.56. The molecule has 0 saturated heterocycles. The number of hydrogen-bond acceptors (Lipinski definition) is 4. The number of non-ortho nitro benzene ring substituents is 1. The summed E-state index contributed by atoms with van der Waals surface area (Å²) in [4.78, 5) is 22.0. The maximum Gasteiger partial charge on any atom is 0.269 e. The second-order valence-corrected chi connectivity index (χ2v) is 4.56. The van der Waals surface area contributed by atoms with Crippen molar-refractivity contribution >= 4 is 17.3 Å². The molecule has 0 bridgehead atoms. The Morgan fingerprint density at radius 1 is 1.14 bits per heavy atom. The first-order valence-corrected chi connectivity index (χ1v) is 6.31. The summed E-state index contributed by atoms with van der Waals surface area (Å²) in [6.07, 6.45) is -0.565. The summed E-state index contributed by atoms with van der Waals surface area (Å²) >= 11 is 0. The van der Waals surface area contributed by atoms with Crippen LogP contribution in [0.5, 0.6) is 0 Å². The molecule has 0 aromatic heterocycles. The Hall–Kier alpha value is -2.73. The minimum absolute atomic E-state index is 0.0622. The van der Waals surface area contributed by atoms with Gasteiger partial charge in [0.25, 0.3) is 11.6 Å². The molecule has 0 fully saturated rings. The van der Waals surface area contributed by atoms with Gasteiger partial charge in [-0.25, -0.2) is 0 Å². The molecule has 6 heteroatoms. The van der Waals surface area contributed by atoms with Crippen molar-refractivity contribution in [1.82, 2.24) is 0 Å². The van der Waals surface area contributed by atoms with E-state index in [1.165, 1.54) is 24.3 Å². The highest BCUT2D eigenvalue weighted by Crippen LogP contribution is 2.17. The number of rotatable bonds is 4. The van der Waals surface area contributed by atoms with E-state index < -0.39 is 11.0 Å². The van der Waals surface area contributed by atoms with Crippen LogP contribution in [0.4, 0.5) is 11.4 Å². The van der Waals surface area contributed by atoms with E-state index in [0.717, 1.165) is 5.56 Å². The van der Waals surface area contributed by atoms with Crippen molar-refractivity contribution in [3.05, 3.63) is 69.8 Å². The third-order valence-corrected chi connectivity index (χ3v) is 2.99. The van der Waals surface area contributed by atoms with Gasteiger partial charge in [0.1, 0.15) is 0 Å². The molecule has 108 valence electrons. The van der Waals surface area contributed by atoms with Gasteiger partial charge in [-0.1, -0.05) is 12.1 Å². The summed E-state index contributed by atoms with van der Waals surface area (Å²) in [5.41, 5.74) is 1.61. The monoisotopic (exact) mass is 286 g/mol. The highest BCUT2D eigenvalue weighted by atomic mass is 16.6. The first kappa shape index (κ1) is 14.7. The summed E-state index contributed by atoms with van der Waals surface area (Å²) in [7, 11) is 0. The predicted molar refractivity (Wildman–Crippen MR) is 78.1 cm³/mol. The minimum atomic E-state index is -0.565. The Bertz CT molecular complexity index is 648. The summed E-state index contributed by atoms with van der Waals surface area (Å²) < 4.78 is 0. The number of amides is 1. The van der Waals surface area contributed by atoms with Crippen molar-refractivity contribution in [3.63, 3.8) is 0 Å². The fourth-order valence-corrected chi connectivity index (χ4v) is 1.78. The van der Waals surface area contributed by atoms with E-state index in [4.69, 9.17) is 0 Å². The third-order valence-electron chi connectivity index (χ3n) is 2.99. The first-order chi connectivity index (χ1) is 9.97. The molecule has 2 rings (SSSR count). The molecule has 0 heterocycles. The average Bonchev–Trinajstić information content (AvgIpc) is 2.47. The number of nitrogens with one attached hydrogen (secondary N) is 1. The standard InChI is InChI=1S/C15H14N2O4/c1-10(18)11-2-6-13(7-3-11)16-15(19)12-4-8-14(9-5-12)17(20)21/h2-10,18H,1H3,(H,16,19)/t10-/m1/s1. The van der Waals surface area contributed by atoms with Gasteiger partial charge in [0.05, 0.1) is 11.0 Å². The molecular formula is C15H14N2O4. The number of anilines is 1. The van der Waals surface area contributed by atoms with Crippen LogP contribution in [-0.4, -0.2) is 15.9 Å². The van der Waals surface area contributed by atoms with Crippen LogP contribution < -0.4 is 5.32 Å².